The van der Waals surface area contributed by atoms with Crippen LogP contribution in [0.25, 0.3) is 17.0 Å². The molecule has 0 aliphatic carbocycles. The Balaban J connectivity index is 1.40. The molecule has 6 nitrogen and oxygen atoms in total. The van der Waals surface area contributed by atoms with Gasteiger partial charge >= 0.3 is 5.97 Å². The van der Waals surface area contributed by atoms with Crippen molar-refractivity contribution >= 4 is 44.7 Å². The number of fused-ring (bicyclic) bond motifs is 2. The van der Waals surface area contributed by atoms with Crippen LogP contribution in [0.5, 0.6) is 17.2 Å². The van der Waals surface area contributed by atoms with E-state index < -0.39 is 5.97 Å². The molecule has 34 heavy (non-hydrogen) atoms. The number of Topliss-reactive ketones (excluding diaryl/α,β-unsaturated/α-hetero) is 1. The number of hydrogen-bond acceptors (Lipinski definition) is 6. The van der Waals surface area contributed by atoms with Crippen LogP contribution in [0.4, 0.5) is 0 Å². The number of esters is 1. The van der Waals surface area contributed by atoms with Crippen molar-refractivity contribution < 1.29 is 28.2 Å². The SMILES string of the molecule is CCOc1ccc2oc(C)c(C(=O)Oc3ccc4c(c3)OC(=Cc3ccc(Br)cc3)C4=O)c2c1. The van der Waals surface area contributed by atoms with Crippen molar-refractivity contribution in [3.05, 3.63) is 93.3 Å². The minimum Gasteiger partial charge on any atom is -0.494 e. The smallest absolute Gasteiger partial charge is 0.347 e. The highest BCUT2D eigenvalue weighted by Crippen LogP contribution is 2.36. The lowest BCUT2D eigenvalue weighted by molar-refractivity contribution is 0.0734. The van der Waals surface area contributed by atoms with Crippen LogP contribution in [0.2, 0.25) is 0 Å². The van der Waals surface area contributed by atoms with Crippen LogP contribution in [-0.4, -0.2) is 18.4 Å². The summed E-state index contributed by atoms with van der Waals surface area (Å²) in [6.45, 7) is 4.11. The van der Waals surface area contributed by atoms with E-state index in [0.717, 1.165) is 10.0 Å². The van der Waals surface area contributed by atoms with Crippen LogP contribution in [0.3, 0.4) is 0 Å². The van der Waals surface area contributed by atoms with Gasteiger partial charge in [-0.1, -0.05) is 28.1 Å². The van der Waals surface area contributed by atoms with Crippen molar-refractivity contribution in [2.45, 2.75) is 13.8 Å². The van der Waals surface area contributed by atoms with Gasteiger partial charge in [-0.3, -0.25) is 4.79 Å². The van der Waals surface area contributed by atoms with Crippen molar-refractivity contribution in [3.63, 3.8) is 0 Å². The number of carbonyl (C=O) groups is 2. The second-order valence-corrected chi connectivity index (χ2v) is 8.58. The fraction of sp³-hybridized carbons (Fsp3) is 0.111. The molecule has 3 aromatic carbocycles. The molecular weight excluding hydrogens is 500 g/mol. The number of ketones is 1. The van der Waals surface area contributed by atoms with Gasteiger partial charge in [0.1, 0.15) is 34.2 Å². The molecule has 1 aromatic heterocycles. The minimum atomic E-state index is -0.570. The van der Waals surface area contributed by atoms with Crippen molar-refractivity contribution in [3.8, 4) is 17.2 Å². The number of hydrogen-bond donors (Lipinski definition) is 0. The largest absolute Gasteiger partial charge is 0.494 e. The predicted octanol–water partition coefficient (Wildman–Crippen LogP) is 6.74. The Morgan fingerprint density at radius 3 is 2.56 bits per heavy atom. The second-order valence-electron chi connectivity index (χ2n) is 7.66. The summed E-state index contributed by atoms with van der Waals surface area (Å²) in [5.74, 6) is 1.10. The standard InChI is InChI=1S/C27H19BrO6/c1-3-31-18-9-11-22-21(13-18)25(15(2)32-22)27(30)33-19-8-10-20-23(14-19)34-24(26(20)29)12-16-4-6-17(28)7-5-16/h4-14H,3H2,1-2H3. The molecule has 0 bridgehead atoms. The molecule has 0 saturated heterocycles. The third kappa shape index (κ3) is 4.10. The van der Waals surface area contributed by atoms with Crippen LogP contribution < -0.4 is 14.2 Å². The molecule has 0 atom stereocenters. The predicted molar refractivity (Wildman–Crippen MR) is 131 cm³/mol. The first-order valence-corrected chi connectivity index (χ1v) is 11.4. The lowest BCUT2D eigenvalue weighted by Crippen LogP contribution is -2.09. The Labute approximate surface area is 203 Å². The van der Waals surface area contributed by atoms with E-state index in [9.17, 15) is 9.59 Å². The molecule has 0 fully saturated rings. The number of ether oxygens (including phenoxy) is 3. The zero-order valence-electron chi connectivity index (χ0n) is 18.4. The lowest BCUT2D eigenvalue weighted by atomic mass is 10.1. The Bertz CT molecular complexity index is 1460. The molecule has 5 rings (SSSR count). The van der Waals surface area contributed by atoms with E-state index in [2.05, 4.69) is 15.9 Å². The van der Waals surface area contributed by atoms with Crippen molar-refractivity contribution in [2.75, 3.05) is 6.61 Å². The Morgan fingerprint density at radius 2 is 1.79 bits per heavy atom. The van der Waals surface area contributed by atoms with E-state index >= 15 is 0 Å². The Morgan fingerprint density at radius 1 is 1.03 bits per heavy atom. The first-order valence-electron chi connectivity index (χ1n) is 10.6. The second kappa shape index (κ2) is 8.83. The Kier molecular flexibility index (Phi) is 5.71. The fourth-order valence-corrected chi connectivity index (χ4v) is 4.07. The molecule has 7 heteroatoms. The van der Waals surface area contributed by atoms with Gasteiger partial charge in [0.05, 0.1) is 12.2 Å². The van der Waals surface area contributed by atoms with Gasteiger partial charge in [-0.25, -0.2) is 4.79 Å². The van der Waals surface area contributed by atoms with E-state index in [4.69, 9.17) is 18.6 Å². The first kappa shape index (κ1) is 22.0. The van der Waals surface area contributed by atoms with Crippen LogP contribution in [-0.2, 0) is 0 Å². The number of benzene rings is 3. The highest BCUT2D eigenvalue weighted by molar-refractivity contribution is 9.10. The molecule has 170 valence electrons. The van der Waals surface area contributed by atoms with Crippen LogP contribution in [0.1, 0.15) is 39.0 Å². The molecule has 0 unspecified atom stereocenters. The summed E-state index contributed by atoms with van der Waals surface area (Å²) in [5.41, 5.74) is 2.14. The molecule has 0 spiro atoms. The van der Waals surface area contributed by atoms with Crippen molar-refractivity contribution in [1.29, 1.82) is 0 Å². The molecule has 0 amide bonds. The highest BCUT2D eigenvalue weighted by Gasteiger charge is 2.28. The average Bonchev–Trinajstić information content (AvgIpc) is 3.30. The lowest BCUT2D eigenvalue weighted by Gasteiger charge is -2.06. The summed E-state index contributed by atoms with van der Waals surface area (Å²) in [7, 11) is 0. The van der Waals surface area contributed by atoms with E-state index in [-0.39, 0.29) is 17.3 Å². The quantitative estimate of drug-likeness (QED) is 0.165. The van der Waals surface area contributed by atoms with Gasteiger partial charge in [0.2, 0.25) is 5.78 Å². The summed E-state index contributed by atoms with van der Waals surface area (Å²) >= 11 is 3.39. The molecule has 2 heterocycles. The normalized spacial score (nSPS) is 13.7. The van der Waals surface area contributed by atoms with Crippen LogP contribution >= 0.6 is 15.9 Å². The van der Waals surface area contributed by atoms with E-state index in [1.807, 2.05) is 31.2 Å². The summed E-state index contributed by atoms with van der Waals surface area (Å²) in [6.07, 6.45) is 1.68. The molecular formula is C27H19BrO6. The highest BCUT2D eigenvalue weighted by atomic mass is 79.9. The number of halogens is 1. The van der Waals surface area contributed by atoms with Gasteiger partial charge in [0.15, 0.2) is 5.76 Å². The number of aryl methyl sites for hydroxylation is 1. The summed E-state index contributed by atoms with van der Waals surface area (Å²) < 4.78 is 23.6. The van der Waals surface area contributed by atoms with E-state index in [1.54, 1.807) is 43.3 Å². The van der Waals surface area contributed by atoms with Gasteiger partial charge < -0.3 is 18.6 Å². The maximum Gasteiger partial charge on any atom is 0.347 e. The van der Waals surface area contributed by atoms with Crippen LogP contribution in [0, 0.1) is 6.92 Å². The molecule has 0 radical (unpaired) electrons. The molecule has 4 aromatic rings. The molecule has 0 saturated carbocycles. The fourth-order valence-electron chi connectivity index (χ4n) is 3.81. The van der Waals surface area contributed by atoms with Crippen LogP contribution in [0.15, 0.2) is 75.3 Å². The topological polar surface area (TPSA) is 75.0 Å². The first-order chi connectivity index (χ1) is 16.4. The van der Waals surface area contributed by atoms with Gasteiger partial charge in [-0.05, 0) is 68.0 Å². The summed E-state index contributed by atoms with van der Waals surface area (Å²) in [5, 5.41) is 0.612. The molecule has 1 aliphatic heterocycles. The van der Waals surface area contributed by atoms with Gasteiger partial charge in [0, 0.05) is 15.9 Å². The number of carbonyl (C=O) groups excluding carboxylic acids is 2. The third-order valence-corrected chi connectivity index (χ3v) is 5.90. The monoisotopic (exact) mass is 518 g/mol. The Hall–Kier alpha value is -3.84. The number of furan rings is 1. The summed E-state index contributed by atoms with van der Waals surface area (Å²) in [6, 6.07) is 17.5. The molecule has 1 aliphatic rings. The van der Waals surface area contributed by atoms with E-state index in [0.29, 0.717) is 46.0 Å². The average molecular weight is 519 g/mol. The van der Waals surface area contributed by atoms with Gasteiger partial charge in [-0.2, -0.15) is 0 Å². The molecule has 0 N–H and O–H groups in total. The van der Waals surface area contributed by atoms with Gasteiger partial charge in [0.25, 0.3) is 0 Å². The number of allylic oxidation sites excluding steroid dienone is 1. The number of rotatable bonds is 5. The van der Waals surface area contributed by atoms with Gasteiger partial charge in [-0.15, -0.1) is 0 Å². The maximum absolute atomic E-state index is 13.0. The van der Waals surface area contributed by atoms with Crippen molar-refractivity contribution in [2.24, 2.45) is 0 Å². The maximum atomic E-state index is 13.0. The summed E-state index contributed by atoms with van der Waals surface area (Å²) in [4.78, 5) is 25.8. The van der Waals surface area contributed by atoms with Crippen molar-refractivity contribution in [1.82, 2.24) is 0 Å². The third-order valence-electron chi connectivity index (χ3n) is 5.37. The van der Waals surface area contributed by atoms with E-state index in [1.165, 1.54) is 6.07 Å². The zero-order valence-corrected chi connectivity index (χ0v) is 20.0. The zero-order chi connectivity index (χ0) is 23.8. The minimum absolute atomic E-state index is 0.209.